The Bertz CT molecular complexity index is 954. The Hall–Kier alpha value is -1.99. The van der Waals surface area contributed by atoms with Crippen LogP contribution in [0.25, 0.3) is 21.6 Å². The first-order chi connectivity index (χ1) is 13.8. The third-order valence-corrected chi connectivity index (χ3v) is 7.55. The van der Waals surface area contributed by atoms with Gasteiger partial charge < -0.3 is 9.80 Å². The highest BCUT2D eigenvalue weighted by atomic mass is 32.1. The quantitative estimate of drug-likeness (QED) is 0.628. The molecule has 2 aliphatic heterocycles. The predicted octanol–water partition coefficient (Wildman–Crippen LogP) is 4.65. The Morgan fingerprint density at radius 2 is 1.82 bits per heavy atom. The number of amides is 1. The zero-order valence-corrected chi connectivity index (χ0v) is 17.5. The van der Waals surface area contributed by atoms with Gasteiger partial charge in [-0.25, -0.2) is 9.97 Å². The van der Waals surface area contributed by atoms with E-state index in [4.69, 9.17) is 9.97 Å². The number of hydrogen-bond acceptors (Lipinski definition) is 6. The molecular formula is C21H24N4OS2. The summed E-state index contributed by atoms with van der Waals surface area (Å²) in [5, 5.41) is 5.24. The van der Waals surface area contributed by atoms with Crippen molar-refractivity contribution >= 4 is 44.1 Å². The molecule has 0 radical (unpaired) electrons. The summed E-state index contributed by atoms with van der Waals surface area (Å²) in [6.07, 6.45) is 5.45. The fraction of sp³-hybridized carbons (Fsp3) is 0.476. The van der Waals surface area contributed by atoms with E-state index in [2.05, 4.69) is 38.8 Å². The molecule has 5 nitrogen and oxygen atoms in total. The van der Waals surface area contributed by atoms with Gasteiger partial charge in [-0.2, -0.15) is 11.3 Å². The van der Waals surface area contributed by atoms with Crippen molar-refractivity contribution in [2.45, 2.75) is 32.1 Å². The number of carbonyl (C=O) groups is 1. The number of hydrogen-bond donors (Lipinski definition) is 0. The van der Waals surface area contributed by atoms with E-state index in [0.29, 0.717) is 5.91 Å². The van der Waals surface area contributed by atoms with Crippen molar-refractivity contribution in [1.29, 1.82) is 0 Å². The fourth-order valence-corrected chi connectivity index (χ4v) is 5.84. The second-order valence-corrected chi connectivity index (χ2v) is 9.41. The molecule has 3 aromatic rings. The van der Waals surface area contributed by atoms with Crippen LogP contribution in [0.2, 0.25) is 0 Å². The lowest BCUT2D eigenvalue weighted by atomic mass is 9.94. The molecule has 5 rings (SSSR count). The summed E-state index contributed by atoms with van der Waals surface area (Å²) >= 11 is 3.35. The molecule has 5 heterocycles. The molecule has 0 spiro atoms. The van der Waals surface area contributed by atoms with Crippen molar-refractivity contribution in [3.05, 3.63) is 29.0 Å². The van der Waals surface area contributed by atoms with E-state index in [1.165, 1.54) is 12.0 Å². The Balaban J connectivity index is 1.27. The van der Waals surface area contributed by atoms with Gasteiger partial charge in [-0.05, 0) is 55.7 Å². The van der Waals surface area contributed by atoms with Crippen LogP contribution in [0.5, 0.6) is 0 Å². The van der Waals surface area contributed by atoms with E-state index in [0.717, 1.165) is 73.0 Å². The minimum absolute atomic E-state index is 0.187. The number of thiazole rings is 1. The van der Waals surface area contributed by atoms with Crippen molar-refractivity contribution in [1.82, 2.24) is 14.9 Å². The Morgan fingerprint density at radius 3 is 2.57 bits per heavy atom. The first-order valence-electron chi connectivity index (χ1n) is 10.1. The van der Waals surface area contributed by atoms with Crippen molar-refractivity contribution in [3.63, 3.8) is 0 Å². The molecule has 0 unspecified atom stereocenters. The SMILES string of the molecule is O=C(C1CCN(c2nc3ccc(-c4ccsc4)nc3s2)CC1)N1CCCCC1. The lowest BCUT2D eigenvalue weighted by Gasteiger charge is -2.35. The number of rotatable bonds is 3. The van der Waals surface area contributed by atoms with Gasteiger partial charge in [-0.15, -0.1) is 0 Å². The second kappa shape index (κ2) is 7.79. The van der Waals surface area contributed by atoms with E-state index >= 15 is 0 Å². The molecule has 0 aromatic carbocycles. The highest BCUT2D eigenvalue weighted by molar-refractivity contribution is 7.21. The molecule has 0 N–H and O–H groups in total. The molecule has 2 fully saturated rings. The largest absolute Gasteiger partial charge is 0.348 e. The van der Waals surface area contributed by atoms with Gasteiger partial charge in [0.2, 0.25) is 5.91 Å². The summed E-state index contributed by atoms with van der Waals surface area (Å²) in [4.78, 5) is 27.8. The van der Waals surface area contributed by atoms with Crippen molar-refractivity contribution in [2.75, 3.05) is 31.1 Å². The standard InChI is InChI=1S/C21H24N4OS2/c26-20(24-9-2-1-3-10-24)15-6-11-25(12-7-15)21-23-18-5-4-17(22-19(18)28-21)16-8-13-27-14-16/h4-5,8,13-15H,1-3,6-7,9-12H2. The number of piperidine rings is 2. The van der Waals surface area contributed by atoms with E-state index < -0.39 is 0 Å². The van der Waals surface area contributed by atoms with Crippen LogP contribution in [0.4, 0.5) is 5.13 Å². The summed E-state index contributed by atoms with van der Waals surface area (Å²) in [5.41, 5.74) is 3.14. The molecule has 0 aliphatic carbocycles. The average Bonchev–Trinajstić information content (AvgIpc) is 3.43. The average molecular weight is 413 g/mol. The third-order valence-electron chi connectivity index (χ3n) is 5.84. The maximum atomic E-state index is 12.8. The number of anilines is 1. The van der Waals surface area contributed by atoms with Gasteiger partial charge in [-0.1, -0.05) is 11.3 Å². The van der Waals surface area contributed by atoms with E-state index in [9.17, 15) is 4.79 Å². The third kappa shape index (κ3) is 3.53. The van der Waals surface area contributed by atoms with E-state index in [-0.39, 0.29) is 5.92 Å². The molecule has 28 heavy (non-hydrogen) atoms. The maximum Gasteiger partial charge on any atom is 0.225 e. The second-order valence-electron chi connectivity index (χ2n) is 7.68. The van der Waals surface area contributed by atoms with Gasteiger partial charge >= 0.3 is 0 Å². The van der Waals surface area contributed by atoms with Crippen LogP contribution in [0.15, 0.2) is 29.0 Å². The molecule has 7 heteroatoms. The van der Waals surface area contributed by atoms with Crippen molar-refractivity contribution in [3.8, 4) is 11.3 Å². The Morgan fingerprint density at radius 1 is 1.00 bits per heavy atom. The molecule has 2 saturated heterocycles. The lowest BCUT2D eigenvalue weighted by Crippen LogP contribution is -2.44. The summed E-state index contributed by atoms with van der Waals surface area (Å²) in [6, 6.07) is 6.23. The zero-order chi connectivity index (χ0) is 18.9. The number of thiophene rings is 1. The van der Waals surface area contributed by atoms with Gasteiger partial charge in [0.05, 0.1) is 5.69 Å². The first kappa shape index (κ1) is 18.1. The molecule has 1 amide bonds. The van der Waals surface area contributed by atoms with Gasteiger partial charge in [0.25, 0.3) is 0 Å². The minimum Gasteiger partial charge on any atom is -0.348 e. The predicted molar refractivity (Wildman–Crippen MR) is 116 cm³/mol. The maximum absolute atomic E-state index is 12.8. The van der Waals surface area contributed by atoms with Gasteiger partial charge in [0, 0.05) is 43.0 Å². The van der Waals surface area contributed by atoms with Gasteiger partial charge in [-0.3, -0.25) is 4.79 Å². The fourth-order valence-electron chi connectivity index (χ4n) is 4.20. The smallest absolute Gasteiger partial charge is 0.225 e. The highest BCUT2D eigenvalue weighted by Gasteiger charge is 2.30. The first-order valence-corrected chi connectivity index (χ1v) is 11.9. The van der Waals surface area contributed by atoms with E-state index in [1.807, 2.05) is 0 Å². The van der Waals surface area contributed by atoms with Crippen LogP contribution in [-0.4, -0.2) is 47.0 Å². The number of aromatic nitrogens is 2. The Labute approximate surface area is 173 Å². The van der Waals surface area contributed by atoms with Crippen LogP contribution >= 0.6 is 22.7 Å². The van der Waals surface area contributed by atoms with Gasteiger partial charge in [0.1, 0.15) is 10.3 Å². The molecule has 146 valence electrons. The number of likely N-dealkylation sites (tertiary alicyclic amines) is 1. The monoisotopic (exact) mass is 412 g/mol. The molecule has 3 aromatic heterocycles. The zero-order valence-electron chi connectivity index (χ0n) is 15.8. The number of pyridine rings is 1. The minimum atomic E-state index is 0.187. The van der Waals surface area contributed by atoms with Crippen LogP contribution in [0.1, 0.15) is 32.1 Å². The Kier molecular flexibility index (Phi) is 5.03. The summed E-state index contributed by atoms with van der Waals surface area (Å²) in [5.74, 6) is 0.567. The highest BCUT2D eigenvalue weighted by Crippen LogP contribution is 2.33. The number of carbonyl (C=O) groups excluding carboxylic acids is 1. The lowest BCUT2D eigenvalue weighted by molar-refractivity contribution is -0.137. The van der Waals surface area contributed by atoms with Crippen LogP contribution in [0, 0.1) is 5.92 Å². The van der Waals surface area contributed by atoms with Crippen LogP contribution in [0.3, 0.4) is 0 Å². The van der Waals surface area contributed by atoms with E-state index in [1.54, 1.807) is 22.7 Å². The summed E-state index contributed by atoms with van der Waals surface area (Å²) in [7, 11) is 0. The van der Waals surface area contributed by atoms with Gasteiger partial charge in [0.15, 0.2) is 5.13 Å². The molecular weight excluding hydrogens is 388 g/mol. The molecule has 0 saturated carbocycles. The van der Waals surface area contributed by atoms with Crippen molar-refractivity contribution in [2.24, 2.45) is 5.92 Å². The normalized spacial score (nSPS) is 18.7. The number of nitrogens with zero attached hydrogens (tertiary/aromatic N) is 4. The van der Waals surface area contributed by atoms with Crippen molar-refractivity contribution < 1.29 is 4.79 Å². The summed E-state index contributed by atoms with van der Waals surface area (Å²) in [6.45, 7) is 3.72. The topological polar surface area (TPSA) is 49.3 Å². The summed E-state index contributed by atoms with van der Waals surface area (Å²) < 4.78 is 0. The molecule has 0 bridgehead atoms. The van der Waals surface area contributed by atoms with Crippen LogP contribution in [-0.2, 0) is 4.79 Å². The molecule has 0 atom stereocenters. The number of fused-ring (bicyclic) bond motifs is 1. The molecule has 2 aliphatic rings. The van der Waals surface area contributed by atoms with Crippen LogP contribution < -0.4 is 4.90 Å².